The van der Waals surface area contributed by atoms with Crippen molar-refractivity contribution in [2.45, 2.75) is 25.1 Å². The van der Waals surface area contributed by atoms with Gasteiger partial charge in [-0.15, -0.1) is 0 Å². The van der Waals surface area contributed by atoms with Gasteiger partial charge in [-0.2, -0.15) is 13.2 Å². The lowest BCUT2D eigenvalue weighted by Gasteiger charge is -2.23. The molecule has 1 saturated heterocycles. The van der Waals surface area contributed by atoms with E-state index in [1.54, 1.807) is 6.92 Å². The number of aliphatic hydroxyl groups is 1. The molecule has 0 aromatic carbocycles. The number of hydrogen-bond donors (Lipinski definition) is 3. The maximum atomic E-state index is 12.7. The second-order valence-electron chi connectivity index (χ2n) is 5.15. The first-order valence-electron chi connectivity index (χ1n) is 6.00. The summed E-state index contributed by atoms with van der Waals surface area (Å²) >= 11 is 0. The Morgan fingerprint density at radius 2 is 2.15 bits per heavy atom. The van der Waals surface area contributed by atoms with E-state index in [-0.39, 0.29) is 23.8 Å². The summed E-state index contributed by atoms with van der Waals surface area (Å²) in [6.07, 6.45) is -4.14. The van der Waals surface area contributed by atoms with Crippen LogP contribution < -0.4 is 10.6 Å². The summed E-state index contributed by atoms with van der Waals surface area (Å²) in [6, 6.07) is 1.94. The number of nitrogens with two attached hydrogens (primary N) is 1. The molecule has 0 spiro atoms. The fourth-order valence-electron chi connectivity index (χ4n) is 2.18. The van der Waals surface area contributed by atoms with Crippen LogP contribution >= 0.6 is 0 Å². The van der Waals surface area contributed by atoms with Gasteiger partial charge in [0.05, 0.1) is 11.2 Å². The Hall–Kier alpha value is -1.83. The van der Waals surface area contributed by atoms with Crippen molar-refractivity contribution in [1.29, 1.82) is 5.41 Å². The lowest BCUT2D eigenvalue weighted by Crippen LogP contribution is -2.32. The third-order valence-electron chi connectivity index (χ3n) is 3.21. The molecule has 1 aliphatic rings. The van der Waals surface area contributed by atoms with Gasteiger partial charge in [-0.05, 0) is 25.5 Å². The molecule has 1 aliphatic heterocycles. The lowest BCUT2D eigenvalue weighted by atomic mass is 10.1. The van der Waals surface area contributed by atoms with Gasteiger partial charge in [-0.1, -0.05) is 0 Å². The monoisotopic (exact) mass is 288 g/mol. The largest absolute Gasteiger partial charge is 0.433 e. The third-order valence-corrected chi connectivity index (χ3v) is 3.21. The van der Waals surface area contributed by atoms with E-state index in [1.807, 2.05) is 0 Å². The smallest absolute Gasteiger partial charge is 0.388 e. The number of pyridine rings is 1. The van der Waals surface area contributed by atoms with Gasteiger partial charge in [0, 0.05) is 13.1 Å². The topological polar surface area (TPSA) is 86.2 Å². The first kappa shape index (κ1) is 14.6. The Bertz CT molecular complexity index is 542. The van der Waals surface area contributed by atoms with E-state index in [1.165, 1.54) is 4.90 Å². The van der Waals surface area contributed by atoms with Crippen molar-refractivity contribution in [3.05, 3.63) is 23.4 Å². The fraction of sp³-hybridized carbons (Fsp3) is 0.500. The number of anilines is 1. The summed E-state index contributed by atoms with van der Waals surface area (Å²) in [5, 5.41) is 17.3. The molecule has 2 rings (SSSR count). The number of halogens is 3. The molecule has 0 bridgehead atoms. The maximum absolute atomic E-state index is 12.7. The summed E-state index contributed by atoms with van der Waals surface area (Å²) in [5.41, 5.74) is 3.50. The highest BCUT2D eigenvalue weighted by Crippen LogP contribution is 2.32. The quantitative estimate of drug-likeness (QED) is 0.566. The van der Waals surface area contributed by atoms with Crippen LogP contribution in [0, 0.1) is 5.41 Å². The Morgan fingerprint density at radius 1 is 1.50 bits per heavy atom. The van der Waals surface area contributed by atoms with Crippen molar-refractivity contribution in [2.24, 2.45) is 5.73 Å². The standard InChI is InChI=1S/C12H15F3N4O/c1-11(20)4-5-19(6-11)10-7(9(16)17)2-3-8(18-10)12(13,14)15/h2-3,20H,4-6H2,1H3,(H3,16,17). The summed E-state index contributed by atoms with van der Waals surface area (Å²) < 4.78 is 38.2. The number of amidine groups is 1. The molecule has 0 amide bonds. The number of nitrogen functional groups attached to an aromatic ring is 1. The summed E-state index contributed by atoms with van der Waals surface area (Å²) in [7, 11) is 0. The minimum atomic E-state index is -4.56. The molecule has 5 nitrogen and oxygen atoms in total. The number of nitrogens with zero attached hydrogens (tertiary/aromatic N) is 2. The molecule has 0 radical (unpaired) electrons. The third kappa shape index (κ3) is 2.84. The predicted molar refractivity (Wildman–Crippen MR) is 67.7 cm³/mol. The van der Waals surface area contributed by atoms with E-state index in [4.69, 9.17) is 11.1 Å². The minimum Gasteiger partial charge on any atom is -0.388 e. The number of alkyl halides is 3. The molecule has 0 saturated carbocycles. The normalized spacial score (nSPS) is 23.1. The van der Waals surface area contributed by atoms with Crippen LogP contribution in [-0.2, 0) is 6.18 Å². The van der Waals surface area contributed by atoms with Gasteiger partial charge in [-0.25, -0.2) is 4.98 Å². The van der Waals surface area contributed by atoms with Crippen LogP contribution in [0.4, 0.5) is 19.0 Å². The fourth-order valence-corrected chi connectivity index (χ4v) is 2.18. The van der Waals surface area contributed by atoms with Crippen molar-refractivity contribution in [1.82, 2.24) is 4.98 Å². The Kier molecular flexibility index (Phi) is 3.37. The number of hydrogen-bond acceptors (Lipinski definition) is 4. The molecule has 1 unspecified atom stereocenters. The number of rotatable bonds is 2. The van der Waals surface area contributed by atoms with E-state index in [0.29, 0.717) is 13.0 Å². The Labute approximate surface area is 113 Å². The van der Waals surface area contributed by atoms with Crippen molar-refractivity contribution >= 4 is 11.7 Å². The predicted octanol–water partition coefficient (Wildman–Crippen LogP) is 1.35. The average Bonchev–Trinajstić information content (AvgIpc) is 2.67. The summed E-state index contributed by atoms with van der Waals surface area (Å²) in [6.45, 7) is 2.12. The summed E-state index contributed by atoms with van der Waals surface area (Å²) in [4.78, 5) is 5.10. The van der Waals surface area contributed by atoms with Crippen molar-refractivity contribution in [3.8, 4) is 0 Å². The van der Waals surface area contributed by atoms with Crippen LogP contribution in [0.1, 0.15) is 24.6 Å². The van der Waals surface area contributed by atoms with Gasteiger partial charge < -0.3 is 15.7 Å². The first-order valence-corrected chi connectivity index (χ1v) is 6.00. The number of aromatic nitrogens is 1. The molecule has 1 aromatic heterocycles. The minimum absolute atomic E-state index is 0.00917. The van der Waals surface area contributed by atoms with E-state index >= 15 is 0 Å². The van der Waals surface area contributed by atoms with Crippen LogP contribution in [0.15, 0.2) is 12.1 Å². The molecule has 110 valence electrons. The highest BCUT2D eigenvalue weighted by molar-refractivity contribution is 5.99. The Balaban J connectivity index is 2.46. The average molecular weight is 288 g/mol. The van der Waals surface area contributed by atoms with Gasteiger partial charge >= 0.3 is 6.18 Å². The molecule has 1 fully saturated rings. The second kappa shape index (κ2) is 4.62. The van der Waals surface area contributed by atoms with Crippen LogP contribution in [-0.4, -0.2) is 34.6 Å². The van der Waals surface area contributed by atoms with Gasteiger partial charge in [-0.3, -0.25) is 5.41 Å². The molecular weight excluding hydrogens is 273 g/mol. The zero-order valence-electron chi connectivity index (χ0n) is 10.8. The van der Waals surface area contributed by atoms with E-state index in [0.717, 1.165) is 12.1 Å². The molecule has 20 heavy (non-hydrogen) atoms. The van der Waals surface area contributed by atoms with Crippen LogP contribution in [0.5, 0.6) is 0 Å². The maximum Gasteiger partial charge on any atom is 0.433 e. The zero-order chi connectivity index (χ0) is 15.1. The second-order valence-corrected chi connectivity index (χ2v) is 5.15. The highest BCUT2D eigenvalue weighted by atomic mass is 19.4. The van der Waals surface area contributed by atoms with Crippen molar-refractivity contribution in [3.63, 3.8) is 0 Å². The molecule has 0 aliphatic carbocycles. The van der Waals surface area contributed by atoms with E-state index < -0.39 is 17.5 Å². The van der Waals surface area contributed by atoms with Gasteiger partial charge in [0.1, 0.15) is 17.3 Å². The summed E-state index contributed by atoms with van der Waals surface area (Å²) in [5.74, 6) is -0.363. The molecule has 2 heterocycles. The van der Waals surface area contributed by atoms with Gasteiger partial charge in [0.15, 0.2) is 0 Å². The zero-order valence-corrected chi connectivity index (χ0v) is 10.8. The van der Waals surface area contributed by atoms with Crippen LogP contribution in [0.3, 0.4) is 0 Å². The molecule has 1 aromatic rings. The van der Waals surface area contributed by atoms with Crippen LogP contribution in [0.25, 0.3) is 0 Å². The molecular formula is C12H15F3N4O. The van der Waals surface area contributed by atoms with Crippen LogP contribution in [0.2, 0.25) is 0 Å². The van der Waals surface area contributed by atoms with E-state index in [9.17, 15) is 18.3 Å². The van der Waals surface area contributed by atoms with Crippen molar-refractivity contribution in [2.75, 3.05) is 18.0 Å². The van der Waals surface area contributed by atoms with E-state index in [2.05, 4.69) is 4.98 Å². The highest BCUT2D eigenvalue weighted by Gasteiger charge is 2.37. The van der Waals surface area contributed by atoms with Crippen molar-refractivity contribution < 1.29 is 18.3 Å². The SMILES string of the molecule is CC1(O)CCN(c2nc(C(F)(F)F)ccc2C(=N)N)C1. The number of nitrogens with one attached hydrogen (secondary N) is 1. The first-order chi connectivity index (χ1) is 9.10. The molecule has 1 atom stereocenters. The Morgan fingerprint density at radius 3 is 2.60 bits per heavy atom. The van der Waals surface area contributed by atoms with Gasteiger partial charge in [0.2, 0.25) is 0 Å². The number of β-amino-alcohol motifs (C(OH)–C–C–N with tert-alkyl or cyclic N) is 1. The lowest BCUT2D eigenvalue weighted by molar-refractivity contribution is -0.141. The van der Waals surface area contributed by atoms with Gasteiger partial charge in [0.25, 0.3) is 0 Å². The molecule has 4 N–H and O–H groups in total. The molecule has 8 heteroatoms.